The number of benzene rings is 1. The molecule has 0 unspecified atom stereocenters. The van der Waals surface area contributed by atoms with Crippen LogP contribution in [0, 0.1) is 0 Å². The van der Waals surface area contributed by atoms with E-state index in [9.17, 15) is 0 Å². The van der Waals surface area contributed by atoms with Crippen LogP contribution in [-0.2, 0) is 6.54 Å². The van der Waals surface area contributed by atoms with E-state index in [0.29, 0.717) is 5.92 Å². The molecule has 6 heteroatoms. The third-order valence-electron chi connectivity index (χ3n) is 5.24. The summed E-state index contributed by atoms with van der Waals surface area (Å²) in [6.07, 6.45) is 7.64. The summed E-state index contributed by atoms with van der Waals surface area (Å²) in [6.45, 7) is 2.93. The highest BCUT2D eigenvalue weighted by Gasteiger charge is 2.26. The highest BCUT2D eigenvalue weighted by Crippen LogP contribution is 2.33. The average Bonchev–Trinajstić information content (AvgIpc) is 2.74. The van der Waals surface area contributed by atoms with E-state index in [4.69, 9.17) is 16.6 Å². The Bertz CT molecular complexity index is 945. The van der Waals surface area contributed by atoms with Gasteiger partial charge in [-0.25, -0.2) is 4.98 Å². The Kier molecular flexibility index (Phi) is 5.84. The molecule has 28 heavy (non-hydrogen) atoms. The molecule has 1 N–H and O–H groups in total. The lowest BCUT2D eigenvalue weighted by Gasteiger charge is -2.33. The number of rotatable bonds is 5. The van der Waals surface area contributed by atoms with E-state index in [1.54, 1.807) is 12.4 Å². The third-order valence-corrected chi connectivity index (χ3v) is 5.47. The Labute approximate surface area is 170 Å². The van der Waals surface area contributed by atoms with Gasteiger partial charge in [0.05, 0.1) is 11.4 Å². The predicted octanol–water partition coefficient (Wildman–Crippen LogP) is 4.61. The summed E-state index contributed by atoms with van der Waals surface area (Å²) >= 11 is 6.21. The molecule has 4 rings (SSSR count). The van der Waals surface area contributed by atoms with Gasteiger partial charge < -0.3 is 5.32 Å². The van der Waals surface area contributed by atoms with Gasteiger partial charge in [0.1, 0.15) is 5.82 Å². The van der Waals surface area contributed by atoms with E-state index in [1.807, 2.05) is 37.5 Å². The number of anilines is 1. The van der Waals surface area contributed by atoms with Gasteiger partial charge in [0.2, 0.25) is 0 Å². The van der Waals surface area contributed by atoms with Crippen LogP contribution in [0.2, 0.25) is 5.02 Å². The van der Waals surface area contributed by atoms with Crippen LogP contribution in [0.3, 0.4) is 0 Å². The monoisotopic (exact) mass is 393 g/mol. The summed E-state index contributed by atoms with van der Waals surface area (Å²) in [7, 11) is 1.92. The van der Waals surface area contributed by atoms with E-state index in [2.05, 4.69) is 32.3 Å². The van der Waals surface area contributed by atoms with E-state index in [0.717, 1.165) is 60.3 Å². The number of aromatic nitrogens is 3. The number of nitrogens with zero attached hydrogens (tertiary/aromatic N) is 4. The zero-order chi connectivity index (χ0) is 19.3. The van der Waals surface area contributed by atoms with Crippen molar-refractivity contribution in [1.82, 2.24) is 19.9 Å². The van der Waals surface area contributed by atoms with Gasteiger partial charge in [0.25, 0.3) is 0 Å². The maximum absolute atomic E-state index is 6.21. The van der Waals surface area contributed by atoms with Gasteiger partial charge in [0.15, 0.2) is 0 Å². The van der Waals surface area contributed by atoms with Gasteiger partial charge in [-0.05, 0) is 37.6 Å². The van der Waals surface area contributed by atoms with Crippen molar-refractivity contribution in [3.8, 4) is 11.3 Å². The molecule has 0 aliphatic carbocycles. The standard InChI is InChI=1S/C22H24ClN5/c1-24-22-18(6-3-9-27-22)15-28-12-4-7-17(14-28)21-20(25-10-11-26-21)16-5-2-8-19(23)13-16/h2-3,5-6,8-11,13,17H,4,7,12,14-15H2,1H3,(H,24,27)/t17-/m0/s1. The number of hydrogen-bond donors (Lipinski definition) is 1. The summed E-state index contributed by atoms with van der Waals surface area (Å²) in [4.78, 5) is 16.3. The van der Waals surface area contributed by atoms with Gasteiger partial charge in [-0.15, -0.1) is 0 Å². The van der Waals surface area contributed by atoms with E-state index in [-0.39, 0.29) is 0 Å². The van der Waals surface area contributed by atoms with Crippen molar-refractivity contribution in [3.63, 3.8) is 0 Å². The Morgan fingerprint density at radius 2 is 2.00 bits per heavy atom. The molecule has 1 aromatic carbocycles. The topological polar surface area (TPSA) is 53.9 Å². The summed E-state index contributed by atoms with van der Waals surface area (Å²) in [5, 5.41) is 3.91. The molecule has 5 nitrogen and oxygen atoms in total. The van der Waals surface area contributed by atoms with Crippen LogP contribution in [0.25, 0.3) is 11.3 Å². The van der Waals surface area contributed by atoms with Gasteiger partial charge >= 0.3 is 0 Å². The molecular formula is C22H24ClN5. The van der Waals surface area contributed by atoms with Crippen LogP contribution in [0.1, 0.15) is 30.0 Å². The van der Waals surface area contributed by atoms with Crippen molar-refractivity contribution >= 4 is 17.4 Å². The highest BCUT2D eigenvalue weighted by molar-refractivity contribution is 6.30. The van der Waals surface area contributed by atoms with Gasteiger partial charge in [-0.2, -0.15) is 0 Å². The molecule has 3 aromatic rings. The maximum Gasteiger partial charge on any atom is 0.130 e. The SMILES string of the molecule is CNc1ncccc1CN1CCC[C@H](c2nccnc2-c2cccc(Cl)c2)C1. The fourth-order valence-corrected chi connectivity index (χ4v) is 4.15. The Hall–Kier alpha value is -2.50. The fraction of sp³-hybridized carbons (Fsp3) is 0.318. The largest absolute Gasteiger partial charge is 0.373 e. The van der Waals surface area contributed by atoms with Gasteiger partial charge in [-0.1, -0.05) is 29.8 Å². The molecule has 1 atom stereocenters. The van der Waals surface area contributed by atoms with E-state index < -0.39 is 0 Å². The first-order valence-electron chi connectivity index (χ1n) is 9.65. The molecule has 2 aromatic heterocycles. The van der Waals surface area contributed by atoms with E-state index in [1.165, 1.54) is 5.56 Å². The lowest BCUT2D eigenvalue weighted by Crippen LogP contribution is -2.34. The maximum atomic E-state index is 6.21. The minimum absolute atomic E-state index is 0.353. The zero-order valence-electron chi connectivity index (χ0n) is 16.0. The van der Waals surface area contributed by atoms with Crippen molar-refractivity contribution < 1.29 is 0 Å². The van der Waals surface area contributed by atoms with Crippen LogP contribution >= 0.6 is 11.6 Å². The lowest BCUT2D eigenvalue weighted by atomic mass is 9.91. The lowest BCUT2D eigenvalue weighted by molar-refractivity contribution is 0.198. The molecular weight excluding hydrogens is 370 g/mol. The van der Waals surface area contributed by atoms with Crippen molar-refractivity contribution in [3.05, 3.63) is 71.3 Å². The van der Waals surface area contributed by atoms with Crippen LogP contribution in [0.4, 0.5) is 5.82 Å². The molecule has 0 amide bonds. The average molecular weight is 394 g/mol. The number of pyridine rings is 1. The second kappa shape index (κ2) is 8.67. The molecule has 0 bridgehead atoms. The first-order valence-corrected chi connectivity index (χ1v) is 10.0. The molecule has 144 valence electrons. The molecule has 1 saturated heterocycles. The molecule has 0 saturated carbocycles. The summed E-state index contributed by atoms with van der Waals surface area (Å²) in [5.41, 5.74) is 4.25. The van der Waals surface area contributed by atoms with Crippen LogP contribution < -0.4 is 5.32 Å². The smallest absolute Gasteiger partial charge is 0.130 e. The predicted molar refractivity (Wildman–Crippen MR) is 114 cm³/mol. The quantitative estimate of drug-likeness (QED) is 0.685. The molecule has 1 fully saturated rings. The number of nitrogens with one attached hydrogen (secondary N) is 1. The number of likely N-dealkylation sites (tertiary alicyclic amines) is 1. The number of hydrogen-bond acceptors (Lipinski definition) is 5. The third kappa shape index (κ3) is 4.16. The van der Waals surface area contributed by atoms with E-state index >= 15 is 0 Å². The normalized spacial score (nSPS) is 17.4. The second-order valence-corrected chi connectivity index (χ2v) is 7.57. The summed E-state index contributed by atoms with van der Waals surface area (Å²) in [6, 6.07) is 12.0. The molecule has 3 heterocycles. The van der Waals surface area contributed by atoms with Crippen molar-refractivity contribution in [2.75, 3.05) is 25.5 Å². The minimum atomic E-state index is 0.353. The summed E-state index contributed by atoms with van der Waals surface area (Å²) < 4.78 is 0. The van der Waals surface area contributed by atoms with Gasteiger partial charge in [-0.3, -0.25) is 14.9 Å². The fourth-order valence-electron chi connectivity index (χ4n) is 3.96. The Balaban J connectivity index is 1.57. The first kappa shape index (κ1) is 18.8. The molecule has 0 radical (unpaired) electrons. The van der Waals surface area contributed by atoms with Crippen LogP contribution in [0.15, 0.2) is 55.0 Å². The molecule has 1 aliphatic rings. The highest BCUT2D eigenvalue weighted by atomic mass is 35.5. The van der Waals surface area contributed by atoms with Gasteiger partial charge in [0, 0.05) is 60.8 Å². The Morgan fingerprint density at radius 1 is 1.11 bits per heavy atom. The van der Waals surface area contributed by atoms with Crippen LogP contribution in [0.5, 0.6) is 0 Å². The Morgan fingerprint density at radius 3 is 2.86 bits per heavy atom. The van der Waals surface area contributed by atoms with Crippen molar-refractivity contribution in [2.24, 2.45) is 0 Å². The van der Waals surface area contributed by atoms with Crippen molar-refractivity contribution in [1.29, 1.82) is 0 Å². The summed E-state index contributed by atoms with van der Waals surface area (Å²) in [5.74, 6) is 1.30. The number of piperidine rings is 1. The molecule has 1 aliphatic heterocycles. The first-order chi connectivity index (χ1) is 13.7. The number of halogens is 1. The zero-order valence-corrected chi connectivity index (χ0v) is 16.7. The minimum Gasteiger partial charge on any atom is -0.373 e. The van der Waals surface area contributed by atoms with Crippen molar-refractivity contribution in [2.45, 2.75) is 25.3 Å². The second-order valence-electron chi connectivity index (χ2n) is 7.14. The molecule has 0 spiro atoms. The van der Waals surface area contributed by atoms with Crippen LogP contribution in [-0.4, -0.2) is 40.0 Å².